The Balaban J connectivity index is 2.70. The Morgan fingerprint density at radius 3 is 2.60 bits per heavy atom. The maximum Gasteiger partial charge on any atom is 0.419 e. The van der Waals surface area contributed by atoms with E-state index in [-0.39, 0.29) is 22.8 Å². The van der Waals surface area contributed by atoms with E-state index in [9.17, 15) is 13.6 Å². The fourth-order valence-corrected chi connectivity index (χ4v) is 3.53. The summed E-state index contributed by atoms with van der Waals surface area (Å²) in [5.41, 5.74) is -0.0551. The van der Waals surface area contributed by atoms with Crippen LogP contribution in [0.5, 0.6) is 0 Å². The Kier molecular flexibility index (Phi) is 3.64. The van der Waals surface area contributed by atoms with Gasteiger partial charge in [-0.1, -0.05) is 19.6 Å². The summed E-state index contributed by atoms with van der Waals surface area (Å²) in [4.78, 5) is 15.4. The van der Waals surface area contributed by atoms with Gasteiger partial charge < -0.3 is 4.74 Å². The molecule has 2 heterocycles. The number of hydrogen-bond acceptors (Lipinski definition) is 3. The first-order valence-electron chi connectivity index (χ1n) is 6.31. The minimum absolute atomic E-state index is 0.0478. The molecule has 108 valence electrons. The Labute approximate surface area is 116 Å². The molecule has 0 N–H and O–H groups in total. The van der Waals surface area contributed by atoms with E-state index in [4.69, 9.17) is 4.74 Å². The Hall–Kier alpha value is -1.76. The number of halogens is 2. The molecular formula is C13H16F2N2O2Si. The molecule has 0 aliphatic rings. The average Bonchev–Trinajstić information content (AvgIpc) is 2.71. The van der Waals surface area contributed by atoms with Gasteiger partial charge >= 0.3 is 6.09 Å². The van der Waals surface area contributed by atoms with Crippen LogP contribution in [0, 0.1) is 11.8 Å². The number of pyridine rings is 1. The predicted molar refractivity (Wildman–Crippen MR) is 75.0 cm³/mol. The highest BCUT2D eigenvalue weighted by Gasteiger charge is 2.29. The van der Waals surface area contributed by atoms with Crippen molar-refractivity contribution < 1.29 is 18.3 Å². The quantitative estimate of drug-likeness (QED) is 0.632. The van der Waals surface area contributed by atoms with Gasteiger partial charge in [0.25, 0.3) is 0 Å². The lowest BCUT2D eigenvalue weighted by Crippen LogP contribution is -2.43. The summed E-state index contributed by atoms with van der Waals surface area (Å²) in [7, 11) is -2.21. The maximum absolute atomic E-state index is 14.5. The first-order valence-corrected chi connectivity index (χ1v) is 9.81. The molecule has 0 unspecified atom stereocenters. The molecule has 0 fully saturated rings. The number of ether oxygens (including phenoxy) is 1. The number of fused-ring (bicyclic) bond motifs is 1. The van der Waals surface area contributed by atoms with Crippen LogP contribution in [0.25, 0.3) is 11.0 Å². The van der Waals surface area contributed by atoms with Crippen molar-refractivity contribution >= 4 is 30.4 Å². The van der Waals surface area contributed by atoms with Crippen LogP contribution in [0.2, 0.25) is 19.6 Å². The van der Waals surface area contributed by atoms with Gasteiger partial charge in [0.05, 0.1) is 20.1 Å². The molecule has 0 bridgehead atoms. The highest BCUT2D eigenvalue weighted by Crippen LogP contribution is 2.20. The van der Waals surface area contributed by atoms with Gasteiger partial charge in [-0.2, -0.15) is 4.39 Å². The molecule has 0 saturated heterocycles. The molecule has 0 amide bonds. The lowest BCUT2D eigenvalue weighted by molar-refractivity contribution is 0.155. The molecular weight excluding hydrogens is 282 g/mol. The highest BCUT2D eigenvalue weighted by molar-refractivity contribution is 6.88. The Morgan fingerprint density at radius 2 is 2.05 bits per heavy atom. The van der Waals surface area contributed by atoms with Crippen molar-refractivity contribution in [2.24, 2.45) is 0 Å². The SMILES string of the molecule is CCOC(=O)n1ccc2c(F)c([Si](C)(C)C)c(F)nc21. The van der Waals surface area contributed by atoms with Crippen molar-refractivity contribution in [3.8, 4) is 0 Å². The van der Waals surface area contributed by atoms with Gasteiger partial charge in [-0.05, 0) is 13.0 Å². The van der Waals surface area contributed by atoms with Gasteiger partial charge in [0.15, 0.2) is 5.65 Å². The molecule has 0 saturated carbocycles. The molecule has 0 radical (unpaired) electrons. The van der Waals surface area contributed by atoms with Crippen molar-refractivity contribution in [2.45, 2.75) is 26.6 Å². The van der Waals surface area contributed by atoms with Crippen molar-refractivity contribution in [3.05, 3.63) is 24.0 Å². The van der Waals surface area contributed by atoms with Crippen molar-refractivity contribution in [1.82, 2.24) is 9.55 Å². The number of hydrogen-bond donors (Lipinski definition) is 0. The van der Waals surface area contributed by atoms with Crippen LogP contribution in [-0.2, 0) is 4.74 Å². The summed E-state index contributed by atoms with van der Waals surface area (Å²) in [6, 6.07) is 1.41. The standard InChI is InChI=1S/C13H16F2N2O2Si/c1-5-19-13(18)17-7-6-8-9(14)10(20(2,3)4)11(15)16-12(8)17/h6-7H,5H2,1-4H3. The molecule has 7 heteroatoms. The summed E-state index contributed by atoms with van der Waals surface area (Å²) >= 11 is 0. The zero-order chi connectivity index (χ0) is 15.1. The topological polar surface area (TPSA) is 44.1 Å². The summed E-state index contributed by atoms with van der Waals surface area (Å²) in [5.74, 6) is -1.48. The van der Waals surface area contributed by atoms with Crippen molar-refractivity contribution in [1.29, 1.82) is 0 Å². The van der Waals surface area contributed by atoms with E-state index in [1.807, 2.05) is 19.6 Å². The summed E-state index contributed by atoms with van der Waals surface area (Å²) in [5, 5.41) is 0.184. The highest BCUT2D eigenvalue weighted by atomic mass is 28.3. The minimum atomic E-state index is -2.21. The van der Waals surface area contributed by atoms with Crippen LogP contribution in [0.3, 0.4) is 0 Å². The van der Waals surface area contributed by atoms with Gasteiger partial charge in [0.1, 0.15) is 5.82 Å². The summed E-state index contributed by atoms with van der Waals surface area (Å²) in [6.07, 6.45) is 0.640. The van der Waals surface area contributed by atoms with E-state index in [1.54, 1.807) is 6.92 Å². The normalized spacial score (nSPS) is 11.9. The number of carbonyl (C=O) groups excluding carboxylic acids is 1. The molecule has 2 rings (SSSR count). The first kappa shape index (κ1) is 14.6. The fourth-order valence-electron chi connectivity index (χ4n) is 2.06. The minimum Gasteiger partial charge on any atom is -0.449 e. The molecule has 0 spiro atoms. The van der Waals surface area contributed by atoms with Crippen LogP contribution in [0.1, 0.15) is 6.92 Å². The van der Waals surface area contributed by atoms with Crippen LogP contribution >= 0.6 is 0 Å². The largest absolute Gasteiger partial charge is 0.449 e. The molecule has 2 aromatic rings. The van der Waals surface area contributed by atoms with Crippen LogP contribution in [0.4, 0.5) is 13.6 Å². The van der Waals surface area contributed by atoms with E-state index >= 15 is 0 Å². The number of rotatable bonds is 2. The second-order valence-electron chi connectivity index (χ2n) is 5.46. The lowest BCUT2D eigenvalue weighted by atomic mass is 10.3. The average molecular weight is 298 g/mol. The van der Waals surface area contributed by atoms with Crippen molar-refractivity contribution in [3.63, 3.8) is 0 Å². The third-order valence-electron chi connectivity index (χ3n) is 2.94. The number of aromatic nitrogens is 2. The number of nitrogens with zero attached hydrogens (tertiary/aromatic N) is 2. The molecule has 4 nitrogen and oxygen atoms in total. The third kappa shape index (κ3) is 2.33. The summed E-state index contributed by atoms with van der Waals surface area (Å²) < 4.78 is 34.4. The molecule has 0 atom stereocenters. The van der Waals surface area contributed by atoms with Gasteiger partial charge in [-0.3, -0.25) is 0 Å². The smallest absolute Gasteiger partial charge is 0.419 e. The van der Waals surface area contributed by atoms with Crippen LogP contribution in [0.15, 0.2) is 12.3 Å². The number of carbonyl (C=O) groups is 1. The second-order valence-corrected chi connectivity index (χ2v) is 10.5. The van der Waals surface area contributed by atoms with E-state index in [0.29, 0.717) is 0 Å². The Morgan fingerprint density at radius 1 is 1.40 bits per heavy atom. The third-order valence-corrected chi connectivity index (χ3v) is 4.87. The van der Waals surface area contributed by atoms with Crippen molar-refractivity contribution in [2.75, 3.05) is 6.61 Å². The van der Waals surface area contributed by atoms with E-state index in [1.165, 1.54) is 12.3 Å². The lowest BCUT2D eigenvalue weighted by Gasteiger charge is -2.18. The van der Waals surface area contributed by atoms with Crippen LogP contribution < -0.4 is 5.19 Å². The zero-order valence-electron chi connectivity index (χ0n) is 11.8. The second kappa shape index (κ2) is 4.97. The molecule has 0 aliphatic carbocycles. The first-order chi connectivity index (χ1) is 9.27. The van der Waals surface area contributed by atoms with Gasteiger partial charge in [0, 0.05) is 11.4 Å². The van der Waals surface area contributed by atoms with Gasteiger partial charge in [-0.15, -0.1) is 0 Å². The van der Waals surface area contributed by atoms with Crippen LogP contribution in [-0.4, -0.2) is 30.3 Å². The van der Waals surface area contributed by atoms with E-state index in [0.717, 1.165) is 4.57 Å². The molecule has 20 heavy (non-hydrogen) atoms. The molecule has 2 aromatic heterocycles. The van der Waals surface area contributed by atoms with Gasteiger partial charge in [-0.25, -0.2) is 18.7 Å². The fraction of sp³-hybridized carbons (Fsp3) is 0.385. The van der Waals surface area contributed by atoms with Gasteiger partial charge in [0.2, 0.25) is 5.95 Å². The monoisotopic (exact) mass is 298 g/mol. The van der Waals surface area contributed by atoms with E-state index < -0.39 is 25.9 Å². The predicted octanol–water partition coefficient (Wildman–Crippen LogP) is 2.86. The Bertz CT molecular complexity index is 677. The zero-order valence-corrected chi connectivity index (χ0v) is 12.8. The molecule has 0 aromatic carbocycles. The molecule has 0 aliphatic heterocycles. The van der Waals surface area contributed by atoms with E-state index in [2.05, 4.69) is 4.98 Å². The maximum atomic E-state index is 14.5. The summed E-state index contributed by atoms with van der Waals surface area (Å²) in [6.45, 7) is 7.34.